The van der Waals surface area contributed by atoms with E-state index in [4.69, 9.17) is 0 Å². The molecule has 0 aliphatic rings. The third-order valence-corrected chi connectivity index (χ3v) is 5.93. The summed E-state index contributed by atoms with van der Waals surface area (Å²) in [4.78, 5) is 0. The number of rotatable bonds is 18. The molecule has 1 aromatic carbocycles. The summed E-state index contributed by atoms with van der Waals surface area (Å²) in [5, 5.41) is 10.1. The maximum absolute atomic E-state index is 10.1. The highest BCUT2D eigenvalue weighted by Gasteiger charge is 2.12. The lowest BCUT2D eigenvalue weighted by Crippen LogP contribution is -2.05. The van der Waals surface area contributed by atoms with Gasteiger partial charge in [0.05, 0.1) is 0 Å². The summed E-state index contributed by atoms with van der Waals surface area (Å²) in [7, 11) is 0. The van der Waals surface area contributed by atoms with E-state index in [1.807, 2.05) is 12.1 Å². The number of unbranched alkanes of at least 4 members (excludes halogenated alkanes) is 12. The van der Waals surface area contributed by atoms with Crippen LogP contribution in [0.15, 0.2) is 24.3 Å². The van der Waals surface area contributed by atoms with Crippen molar-refractivity contribution >= 4 is 0 Å². The first-order valence-electron chi connectivity index (χ1n) is 12.0. The van der Waals surface area contributed by atoms with Crippen LogP contribution < -0.4 is 0 Å². The number of phenols is 1. The molecule has 1 atom stereocenters. The van der Waals surface area contributed by atoms with Crippen LogP contribution in [0.1, 0.15) is 122 Å². The Bertz CT molecular complexity index is 440. The molecule has 0 aliphatic carbocycles. The summed E-state index contributed by atoms with van der Waals surface area (Å²) >= 11 is 0. The zero-order chi connectivity index (χ0) is 19.6. The van der Waals surface area contributed by atoms with Gasteiger partial charge in [-0.05, 0) is 24.0 Å². The smallest absolute Gasteiger partial charge is 0.118 e. The number of para-hydroxylation sites is 1. The lowest BCUT2D eigenvalue weighted by atomic mass is 9.88. The molecule has 0 saturated heterocycles. The van der Waals surface area contributed by atoms with Gasteiger partial charge in [-0.15, -0.1) is 0 Å². The van der Waals surface area contributed by atoms with E-state index in [-0.39, 0.29) is 0 Å². The molecule has 0 radical (unpaired) electrons. The summed E-state index contributed by atoms with van der Waals surface area (Å²) in [6.07, 6.45) is 23.1. The van der Waals surface area contributed by atoms with Gasteiger partial charge in [-0.25, -0.2) is 0 Å². The summed E-state index contributed by atoms with van der Waals surface area (Å²) in [6, 6.07) is 7.94. The van der Waals surface area contributed by atoms with Crippen molar-refractivity contribution in [2.45, 2.75) is 123 Å². The Morgan fingerprint density at radius 3 is 1.56 bits per heavy atom. The number of phenolic OH excluding ortho intramolecular Hbond substituents is 1. The highest BCUT2D eigenvalue weighted by molar-refractivity contribution is 5.32. The van der Waals surface area contributed by atoms with Crippen LogP contribution in [0.4, 0.5) is 0 Å². The summed E-state index contributed by atoms with van der Waals surface area (Å²) in [5.41, 5.74) is 1.15. The SMILES string of the molecule is CCCCCCCCCCC(CCCCCCCC)Cc1ccccc1O. The molecule has 27 heavy (non-hydrogen) atoms. The molecular weight excluding hydrogens is 328 g/mol. The molecule has 1 heteroatoms. The molecule has 0 spiro atoms. The zero-order valence-corrected chi connectivity index (χ0v) is 18.4. The molecule has 0 aromatic heterocycles. The van der Waals surface area contributed by atoms with Gasteiger partial charge >= 0.3 is 0 Å². The van der Waals surface area contributed by atoms with E-state index in [9.17, 15) is 5.11 Å². The highest BCUT2D eigenvalue weighted by Crippen LogP contribution is 2.26. The predicted octanol–water partition coefficient (Wildman–Crippen LogP) is 8.83. The van der Waals surface area contributed by atoms with E-state index in [1.165, 1.54) is 103 Å². The third kappa shape index (κ3) is 12.9. The van der Waals surface area contributed by atoms with E-state index >= 15 is 0 Å². The van der Waals surface area contributed by atoms with Gasteiger partial charge in [-0.3, -0.25) is 0 Å². The fourth-order valence-electron chi connectivity index (χ4n) is 4.12. The van der Waals surface area contributed by atoms with Crippen molar-refractivity contribution in [2.75, 3.05) is 0 Å². The Labute approximate surface area is 170 Å². The second-order valence-electron chi connectivity index (χ2n) is 8.52. The summed E-state index contributed by atoms with van der Waals surface area (Å²) in [5.74, 6) is 1.23. The van der Waals surface area contributed by atoms with Crippen molar-refractivity contribution in [1.29, 1.82) is 0 Å². The molecule has 1 aromatic rings. The molecule has 1 rings (SSSR count). The summed E-state index contributed by atoms with van der Waals surface area (Å²) < 4.78 is 0. The van der Waals surface area contributed by atoms with Crippen molar-refractivity contribution in [3.8, 4) is 5.75 Å². The average molecular weight is 375 g/mol. The van der Waals surface area contributed by atoms with E-state index < -0.39 is 0 Å². The molecule has 1 N–H and O–H groups in total. The van der Waals surface area contributed by atoms with E-state index in [2.05, 4.69) is 26.0 Å². The van der Waals surface area contributed by atoms with Gasteiger partial charge in [0.2, 0.25) is 0 Å². The van der Waals surface area contributed by atoms with Gasteiger partial charge < -0.3 is 5.11 Å². The normalized spacial score (nSPS) is 12.4. The summed E-state index contributed by atoms with van der Waals surface area (Å²) in [6.45, 7) is 4.57. The standard InChI is InChI=1S/C26H46O/c1-3-5-7-9-11-12-14-16-20-24(19-15-13-10-8-6-4-2)23-25-21-17-18-22-26(25)27/h17-18,21-22,24,27H,3-16,19-20,23H2,1-2H3. The van der Waals surface area contributed by atoms with Gasteiger partial charge in [-0.2, -0.15) is 0 Å². The van der Waals surface area contributed by atoms with Crippen molar-refractivity contribution in [3.05, 3.63) is 29.8 Å². The first-order valence-corrected chi connectivity index (χ1v) is 12.0. The second kappa shape index (κ2) is 17.1. The number of hydrogen-bond donors (Lipinski definition) is 1. The van der Waals surface area contributed by atoms with Crippen LogP contribution in [0.2, 0.25) is 0 Å². The van der Waals surface area contributed by atoms with Crippen LogP contribution in [0.5, 0.6) is 5.75 Å². The molecule has 0 saturated carbocycles. The molecule has 1 unspecified atom stereocenters. The van der Waals surface area contributed by atoms with Crippen LogP contribution in [0, 0.1) is 5.92 Å². The maximum Gasteiger partial charge on any atom is 0.118 e. The number of benzene rings is 1. The molecular formula is C26H46O. The zero-order valence-electron chi connectivity index (χ0n) is 18.4. The lowest BCUT2D eigenvalue weighted by Gasteiger charge is -2.18. The van der Waals surface area contributed by atoms with Crippen molar-refractivity contribution in [2.24, 2.45) is 5.92 Å². The molecule has 0 aliphatic heterocycles. The average Bonchev–Trinajstić information content (AvgIpc) is 2.68. The quantitative estimate of drug-likeness (QED) is 0.254. The predicted molar refractivity (Wildman–Crippen MR) is 121 cm³/mol. The minimum atomic E-state index is 0.487. The largest absolute Gasteiger partial charge is 0.508 e. The fraction of sp³-hybridized carbons (Fsp3) is 0.769. The Morgan fingerprint density at radius 1 is 0.630 bits per heavy atom. The van der Waals surface area contributed by atoms with E-state index in [1.54, 1.807) is 0 Å². The second-order valence-corrected chi connectivity index (χ2v) is 8.52. The number of aromatic hydroxyl groups is 1. The van der Waals surface area contributed by atoms with Gasteiger partial charge in [0.25, 0.3) is 0 Å². The minimum absolute atomic E-state index is 0.487. The fourth-order valence-corrected chi connectivity index (χ4v) is 4.12. The molecule has 0 heterocycles. The monoisotopic (exact) mass is 374 g/mol. The van der Waals surface area contributed by atoms with E-state index in [0.717, 1.165) is 17.9 Å². The topological polar surface area (TPSA) is 20.2 Å². The van der Waals surface area contributed by atoms with Crippen LogP contribution in [0.3, 0.4) is 0 Å². The molecule has 156 valence electrons. The van der Waals surface area contributed by atoms with Gasteiger partial charge in [0.1, 0.15) is 5.75 Å². The first-order chi connectivity index (χ1) is 13.3. The Hall–Kier alpha value is -0.980. The Balaban J connectivity index is 2.28. The lowest BCUT2D eigenvalue weighted by molar-refractivity contribution is 0.391. The molecule has 0 fully saturated rings. The third-order valence-electron chi connectivity index (χ3n) is 5.93. The minimum Gasteiger partial charge on any atom is -0.508 e. The van der Waals surface area contributed by atoms with Crippen LogP contribution in [-0.2, 0) is 6.42 Å². The highest BCUT2D eigenvalue weighted by atomic mass is 16.3. The van der Waals surface area contributed by atoms with Gasteiger partial charge in [0, 0.05) is 0 Å². The molecule has 0 amide bonds. The maximum atomic E-state index is 10.1. The Kier molecular flexibility index (Phi) is 15.3. The van der Waals surface area contributed by atoms with Crippen molar-refractivity contribution < 1.29 is 5.11 Å². The first kappa shape index (κ1) is 24.1. The van der Waals surface area contributed by atoms with Gasteiger partial charge in [-0.1, -0.05) is 135 Å². The van der Waals surface area contributed by atoms with Crippen LogP contribution >= 0.6 is 0 Å². The van der Waals surface area contributed by atoms with Crippen LogP contribution in [-0.4, -0.2) is 5.11 Å². The van der Waals surface area contributed by atoms with Crippen molar-refractivity contribution in [1.82, 2.24) is 0 Å². The van der Waals surface area contributed by atoms with Crippen LogP contribution in [0.25, 0.3) is 0 Å². The van der Waals surface area contributed by atoms with Crippen molar-refractivity contribution in [3.63, 3.8) is 0 Å². The molecule has 0 bridgehead atoms. The van der Waals surface area contributed by atoms with Gasteiger partial charge in [0.15, 0.2) is 0 Å². The number of hydrogen-bond acceptors (Lipinski definition) is 1. The molecule has 1 nitrogen and oxygen atoms in total. The van der Waals surface area contributed by atoms with E-state index in [0.29, 0.717) is 5.75 Å². The Morgan fingerprint density at radius 2 is 1.07 bits per heavy atom.